The second-order valence-corrected chi connectivity index (χ2v) is 5.98. The molecule has 0 N–H and O–H groups in total. The van der Waals surface area contributed by atoms with E-state index in [4.69, 9.17) is 6.42 Å². The highest BCUT2D eigenvalue weighted by atomic mass is 14.3. The van der Waals surface area contributed by atoms with Gasteiger partial charge < -0.3 is 0 Å². The molecule has 0 spiro atoms. The Kier molecular flexibility index (Phi) is 4.72. The summed E-state index contributed by atoms with van der Waals surface area (Å²) in [6, 6.07) is 0. The van der Waals surface area contributed by atoms with E-state index in [2.05, 4.69) is 25.0 Å². The van der Waals surface area contributed by atoms with Crippen molar-refractivity contribution in [2.45, 2.75) is 58.3 Å². The number of rotatable bonds is 2. The monoisotopic (exact) mass is 230 g/mol. The van der Waals surface area contributed by atoms with Gasteiger partial charge in [0.2, 0.25) is 0 Å². The predicted octanol–water partition coefficient (Wildman–Crippen LogP) is 4.81. The van der Waals surface area contributed by atoms with Crippen molar-refractivity contribution in [3.63, 3.8) is 0 Å². The van der Waals surface area contributed by atoms with Gasteiger partial charge in [0.05, 0.1) is 0 Å². The molecule has 0 saturated heterocycles. The van der Waals surface area contributed by atoms with Crippen LogP contribution in [0.4, 0.5) is 0 Å². The van der Waals surface area contributed by atoms with Crippen LogP contribution in [0, 0.1) is 36.0 Å². The van der Waals surface area contributed by atoms with Gasteiger partial charge in [0.1, 0.15) is 0 Å². The minimum absolute atomic E-state index is 0.589. The molecule has 2 aliphatic rings. The van der Waals surface area contributed by atoms with Crippen molar-refractivity contribution in [3.05, 3.63) is 12.2 Å². The lowest BCUT2D eigenvalue weighted by molar-refractivity contribution is 0.168. The normalized spacial score (nSPS) is 39.1. The lowest BCUT2D eigenvalue weighted by Crippen LogP contribution is -2.25. The Morgan fingerprint density at radius 2 is 1.41 bits per heavy atom. The molecule has 0 aromatic carbocycles. The molecule has 17 heavy (non-hydrogen) atoms. The van der Waals surface area contributed by atoms with E-state index in [0.29, 0.717) is 5.92 Å². The molecule has 2 rings (SSSR count). The third kappa shape index (κ3) is 3.38. The highest BCUT2D eigenvalue weighted by molar-refractivity contribution is 4.97. The Hall–Kier alpha value is -0.700. The summed E-state index contributed by atoms with van der Waals surface area (Å²) in [5.74, 6) is 6.41. The smallest absolute Gasteiger partial charge is 0.0200 e. The molecule has 0 unspecified atom stereocenters. The topological polar surface area (TPSA) is 0 Å². The summed E-state index contributed by atoms with van der Waals surface area (Å²) in [5.41, 5.74) is 0. The highest BCUT2D eigenvalue weighted by Crippen LogP contribution is 2.41. The fourth-order valence-electron chi connectivity index (χ4n) is 3.84. The van der Waals surface area contributed by atoms with Crippen molar-refractivity contribution in [3.8, 4) is 12.3 Å². The Morgan fingerprint density at radius 3 is 1.88 bits per heavy atom. The van der Waals surface area contributed by atoms with E-state index in [0.717, 1.165) is 17.8 Å². The van der Waals surface area contributed by atoms with Gasteiger partial charge in [-0.05, 0) is 76.0 Å². The summed E-state index contributed by atoms with van der Waals surface area (Å²) < 4.78 is 0. The zero-order chi connectivity index (χ0) is 12.1. The van der Waals surface area contributed by atoms with Crippen LogP contribution in [-0.4, -0.2) is 0 Å². The molecule has 0 aromatic rings. The first-order chi connectivity index (χ1) is 8.33. The number of allylic oxidation sites excluding steroid dienone is 2. The molecule has 0 amide bonds. The largest absolute Gasteiger partial charge is 0.120 e. The van der Waals surface area contributed by atoms with Crippen LogP contribution < -0.4 is 0 Å². The first kappa shape index (κ1) is 12.7. The number of hydrogen-bond acceptors (Lipinski definition) is 0. The Morgan fingerprint density at radius 1 is 0.882 bits per heavy atom. The van der Waals surface area contributed by atoms with Gasteiger partial charge >= 0.3 is 0 Å². The average Bonchev–Trinajstić information content (AvgIpc) is 2.40. The second-order valence-electron chi connectivity index (χ2n) is 5.98. The van der Waals surface area contributed by atoms with Crippen LogP contribution in [0.25, 0.3) is 0 Å². The van der Waals surface area contributed by atoms with E-state index in [-0.39, 0.29) is 0 Å². The van der Waals surface area contributed by atoms with Crippen molar-refractivity contribution >= 4 is 0 Å². The average molecular weight is 230 g/mol. The van der Waals surface area contributed by atoms with Gasteiger partial charge in [-0.2, -0.15) is 0 Å². The maximum Gasteiger partial charge on any atom is 0.0200 e. The van der Waals surface area contributed by atoms with Crippen LogP contribution in [0.2, 0.25) is 0 Å². The van der Waals surface area contributed by atoms with Crippen molar-refractivity contribution in [1.82, 2.24) is 0 Å². The van der Waals surface area contributed by atoms with Crippen LogP contribution in [-0.2, 0) is 0 Å². The van der Waals surface area contributed by atoms with E-state index >= 15 is 0 Å². The fraction of sp³-hybridized carbons (Fsp3) is 0.765. The van der Waals surface area contributed by atoms with Crippen molar-refractivity contribution in [1.29, 1.82) is 0 Å². The Balaban J connectivity index is 1.76. The maximum atomic E-state index is 5.52. The maximum absolute atomic E-state index is 5.52. The summed E-state index contributed by atoms with van der Waals surface area (Å²) in [6.07, 6.45) is 21.3. The van der Waals surface area contributed by atoms with Crippen molar-refractivity contribution in [2.24, 2.45) is 23.7 Å². The van der Waals surface area contributed by atoms with Gasteiger partial charge in [-0.3, -0.25) is 0 Å². The first-order valence-electron chi connectivity index (χ1n) is 7.42. The minimum Gasteiger partial charge on any atom is -0.120 e. The quantitative estimate of drug-likeness (QED) is 0.472. The van der Waals surface area contributed by atoms with Crippen LogP contribution in [0.3, 0.4) is 0 Å². The summed E-state index contributed by atoms with van der Waals surface area (Å²) in [4.78, 5) is 0. The summed E-state index contributed by atoms with van der Waals surface area (Å²) in [6.45, 7) is 2.15. The third-order valence-corrected chi connectivity index (χ3v) is 4.96. The standard InChI is InChI=1S/C17H26/c1-3-5-15-8-12-17(13-9-15)16-10-6-14(4-2)7-11-16/h2-3,5,14-17H,6-13H2,1H3/b5-3+/t14-,15?,16-,17?. The molecule has 0 radical (unpaired) electrons. The Bertz CT molecular complexity index is 278. The van der Waals surface area contributed by atoms with Crippen molar-refractivity contribution < 1.29 is 0 Å². The SMILES string of the molecule is C#C[C@H]1CC[C@H](C2CCC(/C=C/C)CC2)CC1. The molecule has 2 aliphatic carbocycles. The molecular weight excluding hydrogens is 204 g/mol. The number of hydrogen-bond donors (Lipinski definition) is 0. The van der Waals surface area contributed by atoms with Gasteiger partial charge in [0.15, 0.2) is 0 Å². The Labute approximate surface area is 107 Å². The number of terminal acetylenes is 1. The molecule has 2 saturated carbocycles. The predicted molar refractivity (Wildman–Crippen MR) is 74.5 cm³/mol. The molecule has 0 nitrogen and oxygen atoms in total. The van der Waals surface area contributed by atoms with E-state index in [1.807, 2.05) is 0 Å². The van der Waals surface area contributed by atoms with Gasteiger partial charge in [0.25, 0.3) is 0 Å². The van der Waals surface area contributed by atoms with Crippen LogP contribution in [0.15, 0.2) is 12.2 Å². The zero-order valence-electron chi connectivity index (χ0n) is 11.2. The molecule has 94 valence electrons. The molecule has 0 heterocycles. The molecule has 0 aromatic heterocycles. The summed E-state index contributed by atoms with van der Waals surface area (Å²) in [7, 11) is 0. The lowest BCUT2D eigenvalue weighted by Gasteiger charge is -2.36. The zero-order valence-corrected chi connectivity index (χ0v) is 11.2. The van der Waals surface area contributed by atoms with E-state index in [1.165, 1.54) is 51.4 Å². The van der Waals surface area contributed by atoms with Gasteiger partial charge in [-0.1, -0.05) is 12.2 Å². The summed E-state index contributed by atoms with van der Waals surface area (Å²) in [5, 5.41) is 0. The van der Waals surface area contributed by atoms with E-state index in [1.54, 1.807) is 0 Å². The molecule has 0 bridgehead atoms. The van der Waals surface area contributed by atoms with E-state index in [9.17, 15) is 0 Å². The third-order valence-electron chi connectivity index (χ3n) is 4.96. The van der Waals surface area contributed by atoms with Crippen LogP contribution >= 0.6 is 0 Å². The highest BCUT2D eigenvalue weighted by Gasteiger charge is 2.29. The first-order valence-corrected chi connectivity index (χ1v) is 7.42. The van der Waals surface area contributed by atoms with Crippen molar-refractivity contribution in [2.75, 3.05) is 0 Å². The van der Waals surface area contributed by atoms with Gasteiger partial charge in [-0.25, -0.2) is 0 Å². The molecule has 2 fully saturated rings. The van der Waals surface area contributed by atoms with Crippen LogP contribution in [0.5, 0.6) is 0 Å². The molecule has 0 aliphatic heterocycles. The lowest BCUT2D eigenvalue weighted by atomic mass is 9.69. The summed E-state index contributed by atoms with van der Waals surface area (Å²) >= 11 is 0. The molecular formula is C17H26. The fourth-order valence-corrected chi connectivity index (χ4v) is 3.84. The van der Waals surface area contributed by atoms with Crippen LogP contribution in [0.1, 0.15) is 58.3 Å². The van der Waals surface area contributed by atoms with E-state index < -0.39 is 0 Å². The molecule has 0 atom stereocenters. The molecule has 0 heteroatoms. The minimum atomic E-state index is 0.589. The van der Waals surface area contributed by atoms with Gasteiger partial charge in [0, 0.05) is 5.92 Å². The second kappa shape index (κ2) is 6.29. The van der Waals surface area contributed by atoms with Gasteiger partial charge in [-0.15, -0.1) is 12.3 Å².